The van der Waals surface area contributed by atoms with Crippen molar-refractivity contribution in [3.8, 4) is 0 Å². The van der Waals surface area contributed by atoms with Crippen molar-refractivity contribution in [3.63, 3.8) is 0 Å². The monoisotopic (exact) mass is 376 g/mol. The number of rotatable bonds is 4. The lowest BCUT2D eigenvalue weighted by Crippen LogP contribution is -2.38. The molecule has 0 spiro atoms. The number of nitrogens with zero attached hydrogens (tertiary/aromatic N) is 3. The molecule has 0 fully saturated rings. The SMILES string of the molecule is Cc1ccc2c(n1)C(=O)N(C(C(=O)Nc1ccccn1)c1cccc(F)c1)C2. The van der Waals surface area contributed by atoms with Crippen LogP contribution < -0.4 is 5.32 Å². The molecule has 0 aliphatic carbocycles. The Kier molecular flexibility index (Phi) is 4.57. The number of fused-ring (bicyclic) bond motifs is 1. The first-order valence-electron chi connectivity index (χ1n) is 8.78. The lowest BCUT2D eigenvalue weighted by atomic mass is 10.0. The molecule has 1 aliphatic heterocycles. The van der Waals surface area contributed by atoms with Gasteiger partial charge in [0.1, 0.15) is 23.4 Å². The van der Waals surface area contributed by atoms with Gasteiger partial charge in [-0.25, -0.2) is 14.4 Å². The smallest absolute Gasteiger partial charge is 0.274 e. The number of hydrogen-bond acceptors (Lipinski definition) is 4. The van der Waals surface area contributed by atoms with Gasteiger partial charge < -0.3 is 10.2 Å². The van der Waals surface area contributed by atoms with Crippen molar-refractivity contribution in [2.75, 3.05) is 5.32 Å². The molecule has 6 nitrogen and oxygen atoms in total. The molecule has 0 saturated heterocycles. The van der Waals surface area contributed by atoms with Crippen LogP contribution in [-0.2, 0) is 11.3 Å². The summed E-state index contributed by atoms with van der Waals surface area (Å²) in [4.78, 5) is 35.9. The van der Waals surface area contributed by atoms with Crippen molar-refractivity contribution in [2.24, 2.45) is 0 Å². The molecule has 0 bridgehead atoms. The maximum atomic E-state index is 13.9. The molecule has 2 amide bonds. The summed E-state index contributed by atoms with van der Waals surface area (Å²) in [5.74, 6) is -0.954. The van der Waals surface area contributed by atoms with Crippen LogP contribution in [0, 0.1) is 12.7 Å². The molecule has 0 saturated carbocycles. The topological polar surface area (TPSA) is 75.2 Å². The van der Waals surface area contributed by atoms with Crippen molar-refractivity contribution in [2.45, 2.75) is 19.5 Å². The summed E-state index contributed by atoms with van der Waals surface area (Å²) in [6, 6.07) is 13.4. The zero-order valence-corrected chi connectivity index (χ0v) is 15.1. The molecule has 3 aromatic rings. The molecule has 3 heterocycles. The van der Waals surface area contributed by atoms with Crippen LogP contribution in [0.4, 0.5) is 10.2 Å². The van der Waals surface area contributed by atoms with Gasteiger partial charge in [0.2, 0.25) is 0 Å². The van der Waals surface area contributed by atoms with E-state index in [0.29, 0.717) is 22.8 Å². The van der Waals surface area contributed by atoms with E-state index in [4.69, 9.17) is 0 Å². The normalized spacial score (nSPS) is 13.9. The number of benzene rings is 1. The van der Waals surface area contributed by atoms with Gasteiger partial charge in [-0.05, 0) is 42.8 Å². The van der Waals surface area contributed by atoms with Gasteiger partial charge in [0.25, 0.3) is 11.8 Å². The van der Waals surface area contributed by atoms with Crippen LogP contribution in [0.15, 0.2) is 60.8 Å². The summed E-state index contributed by atoms with van der Waals surface area (Å²) in [5, 5.41) is 2.71. The summed E-state index contributed by atoms with van der Waals surface area (Å²) >= 11 is 0. The second-order valence-electron chi connectivity index (χ2n) is 6.56. The Morgan fingerprint density at radius 1 is 1.18 bits per heavy atom. The number of hydrogen-bond donors (Lipinski definition) is 1. The number of aryl methyl sites for hydroxylation is 1. The Morgan fingerprint density at radius 2 is 2.04 bits per heavy atom. The predicted octanol–water partition coefficient (Wildman–Crippen LogP) is 3.26. The Balaban J connectivity index is 1.72. The third kappa shape index (κ3) is 3.34. The standard InChI is InChI=1S/C21H17FN4O2/c1-13-8-9-15-12-26(21(28)18(15)24-13)19(14-5-4-6-16(22)11-14)20(27)25-17-7-2-3-10-23-17/h2-11,19H,12H2,1H3,(H,23,25,27). The van der Waals surface area contributed by atoms with Gasteiger partial charge in [0, 0.05) is 24.0 Å². The zero-order valence-electron chi connectivity index (χ0n) is 15.1. The number of pyridine rings is 2. The van der Waals surface area contributed by atoms with Gasteiger partial charge >= 0.3 is 0 Å². The summed E-state index contributed by atoms with van der Waals surface area (Å²) in [6.45, 7) is 2.02. The Morgan fingerprint density at radius 3 is 2.79 bits per heavy atom. The highest BCUT2D eigenvalue weighted by Crippen LogP contribution is 2.32. The highest BCUT2D eigenvalue weighted by atomic mass is 19.1. The first kappa shape index (κ1) is 17.8. The molecule has 1 unspecified atom stereocenters. The summed E-state index contributed by atoms with van der Waals surface area (Å²) in [7, 11) is 0. The number of amides is 2. The molecule has 2 aromatic heterocycles. The minimum Gasteiger partial charge on any atom is -0.317 e. The summed E-state index contributed by atoms with van der Waals surface area (Å²) in [6.07, 6.45) is 1.55. The molecule has 1 aliphatic rings. The zero-order chi connectivity index (χ0) is 19.7. The van der Waals surface area contributed by atoms with E-state index in [2.05, 4.69) is 15.3 Å². The van der Waals surface area contributed by atoms with E-state index in [0.717, 1.165) is 5.56 Å². The second-order valence-corrected chi connectivity index (χ2v) is 6.56. The van der Waals surface area contributed by atoms with Crippen molar-refractivity contribution >= 4 is 17.6 Å². The number of halogens is 1. The molecular weight excluding hydrogens is 359 g/mol. The number of carbonyl (C=O) groups is 2. The third-order valence-corrected chi connectivity index (χ3v) is 4.56. The maximum absolute atomic E-state index is 13.9. The van der Waals surface area contributed by atoms with Crippen molar-refractivity contribution in [3.05, 3.63) is 89.1 Å². The van der Waals surface area contributed by atoms with Gasteiger partial charge in [-0.2, -0.15) is 0 Å². The predicted molar refractivity (Wildman–Crippen MR) is 101 cm³/mol. The van der Waals surface area contributed by atoms with Gasteiger partial charge in [0.15, 0.2) is 0 Å². The lowest BCUT2D eigenvalue weighted by molar-refractivity contribution is -0.120. The van der Waals surface area contributed by atoms with Crippen LogP contribution in [0.3, 0.4) is 0 Å². The molecule has 7 heteroatoms. The molecule has 4 rings (SSSR count). The van der Waals surface area contributed by atoms with E-state index in [-0.39, 0.29) is 12.5 Å². The maximum Gasteiger partial charge on any atom is 0.274 e. The minimum absolute atomic E-state index is 0.221. The average Bonchev–Trinajstić information content (AvgIpc) is 2.99. The van der Waals surface area contributed by atoms with Gasteiger partial charge in [-0.3, -0.25) is 9.59 Å². The number of nitrogens with one attached hydrogen (secondary N) is 1. The van der Waals surface area contributed by atoms with E-state index in [9.17, 15) is 14.0 Å². The molecular formula is C21H17FN4O2. The second kappa shape index (κ2) is 7.19. The fourth-order valence-corrected chi connectivity index (χ4v) is 3.28. The van der Waals surface area contributed by atoms with Crippen LogP contribution in [0.2, 0.25) is 0 Å². The van der Waals surface area contributed by atoms with Gasteiger partial charge in [0.05, 0.1) is 0 Å². The Bertz CT molecular complexity index is 1060. The number of carbonyl (C=O) groups excluding carboxylic acids is 2. The van der Waals surface area contributed by atoms with Crippen LogP contribution in [0.1, 0.15) is 33.4 Å². The number of aromatic nitrogens is 2. The van der Waals surface area contributed by atoms with E-state index >= 15 is 0 Å². The molecule has 140 valence electrons. The molecule has 28 heavy (non-hydrogen) atoms. The fraction of sp³-hybridized carbons (Fsp3) is 0.143. The summed E-state index contributed by atoms with van der Waals surface area (Å²) in [5.41, 5.74) is 2.16. The van der Waals surface area contributed by atoms with Crippen molar-refractivity contribution in [1.29, 1.82) is 0 Å². The third-order valence-electron chi connectivity index (χ3n) is 4.56. The van der Waals surface area contributed by atoms with Gasteiger partial charge in [-0.1, -0.05) is 24.3 Å². The molecule has 1 N–H and O–H groups in total. The first-order valence-corrected chi connectivity index (χ1v) is 8.78. The minimum atomic E-state index is -1.01. The van der Waals surface area contributed by atoms with Crippen LogP contribution in [-0.4, -0.2) is 26.7 Å². The van der Waals surface area contributed by atoms with Crippen LogP contribution in [0.25, 0.3) is 0 Å². The van der Waals surface area contributed by atoms with Crippen LogP contribution >= 0.6 is 0 Å². The molecule has 0 radical (unpaired) electrons. The van der Waals surface area contributed by atoms with E-state index in [1.54, 1.807) is 37.4 Å². The van der Waals surface area contributed by atoms with Crippen molar-refractivity contribution in [1.82, 2.24) is 14.9 Å². The van der Waals surface area contributed by atoms with E-state index in [1.165, 1.54) is 23.1 Å². The first-order chi connectivity index (χ1) is 13.5. The Labute approximate surface area is 161 Å². The van der Waals surface area contributed by atoms with E-state index < -0.39 is 17.8 Å². The molecule has 1 atom stereocenters. The highest BCUT2D eigenvalue weighted by molar-refractivity contribution is 6.02. The van der Waals surface area contributed by atoms with Gasteiger partial charge in [-0.15, -0.1) is 0 Å². The Hall–Kier alpha value is -3.61. The highest BCUT2D eigenvalue weighted by Gasteiger charge is 2.38. The number of anilines is 1. The average molecular weight is 376 g/mol. The lowest BCUT2D eigenvalue weighted by Gasteiger charge is -2.27. The van der Waals surface area contributed by atoms with Crippen molar-refractivity contribution < 1.29 is 14.0 Å². The van der Waals surface area contributed by atoms with Crippen LogP contribution in [0.5, 0.6) is 0 Å². The molecule has 1 aromatic carbocycles. The fourth-order valence-electron chi connectivity index (χ4n) is 3.28. The quantitative estimate of drug-likeness (QED) is 0.758. The summed E-state index contributed by atoms with van der Waals surface area (Å²) < 4.78 is 13.9. The van der Waals surface area contributed by atoms with E-state index in [1.807, 2.05) is 12.1 Å². The largest absolute Gasteiger partial charge is 0.317 e.